The van der Waals surface area contributed by atoms with Gasteiger partial charge in [-0.15, -0.1) is 0 Å². The lowest BCUT2D eigenvalue weighted by Crippen LogP contribution is -2.19. The van der Waals surface area contributed by atoms with Gasteiger partial charge in [0.25, 0.3) is 0 Å². The Labute approximate surface area is 175 Å². The number of rotatable bonds is 7. The number of hydrogen-bond acceptors (Lipinski definition) is 2. The quantitative estimate of drug-likeness (QED) is 0.567. The molecule has 3 aromatic rings. The highest BCUT2D eigenvalue weighted by Crippen LogP contribution is 2.25. The van der Waals surface area contributed by atoms with Crippen LogP contribution in [0.4, 0.5) is 10.1 Å². The number of fused-ring (bicyclic) bond motifs is 1. The molecule has 0 radical (unpaired) electrons. The molecule has 0 saturated carbocycles. The van der Waals surface area contributed by atoms with Gasteiger partial charge in [0, 0.05) is 30.5 Å². The molecule has 4 rings (SSSR count). The van der Waals surface area contributed by atoms with Crippen molar-refractivity contribution in [3.05, 3.63) is 89.2 Å². The summed E-state index contributed by atoms with van der Waals surface area (Å²) in [5.41, 5.74) is 5.58. The van der Waals surface area contributed by atoms with Crippen molar-refractivity contribution >= 4 is 17.4 Å². The van der Waals surface area contributed by atoms with Crippen LogP contribution in [0.2, 0.25) is 0 Å². The Balaban J connectivity index is 1.28. The standard InChI is InChI=1S/C26H24FNO2/c27-24-7-2-1-6-23(24)20-11-8-18(9-12-20)4-3-5-22(29)17-19-10-14-25-21(16-19)13-15-26(30)28-25/h1-2,6-12,14,16H,3-5,13,15,17H2,(H,28,30). The zero-order valence-corrected chi connectivity index (χ0v) is 16.8. The largest absolute Gasteiger partial charge is 0.326 e. The Morgan fingerprint density at radius 3 is 2.50 bits per heavy atom. The summed E-state index contributed by atoms with van der Waals surface area (Å²) in [5, 5.41) is 2.87. The Hall–Kier alpha value is -3.27. The third-order valence-corrected chi connectivity index (χ3v) is 5.53. The van der Waals surface area contributed by atoms with Crippen LogP contribution in [-0.2, 0) is 28.9 Å². The summed E-state index contributed by atoms with van der Waals surface area (Å²) in [5.74, 6) is 0.0476. The van der Waals surface area contributed by atoms with Crippen LogP contribution in [0.25, 0.3) is 11.1 Å². The van der Waals surface area contributed by atoms with E-state index < -0.39 is 0 Å². The number of amides is 1. The molecule has 152 valence electrons. The van der Waals surface area contributed by atoms with Gasteiger partial charge in [0.05, 0.1) is 0 Å². The van der Waals surface area contributed by atoms with Crippen LogP contribution in [0.5, 0.6) is 0 Å². The highest BCUT2D eigenvalue weighted by Gasteiger charge is 2.15. The van der Waals surface area contributed by atoms with Gasteiger partial charge in [-0.3, -0.25) is 9.59 Å². The molecule has 0 fully saturated rings. The number of ketones is 1. The van der Waals surface area contributed by atoms with Crippen LogP contribution >= 0.6 is 0 Å². The minimum Gasteiger partial charge on any atom is -0.326 e. The van der Waals surface area contributed by atoms with Crippen molar-refractivity contribution in [2.24, 2.45) is 0 Å². The van der Waals surface area contributed by atoms with Gasteiger partial charge in [-0.2, -0.15) is 0 Å². The van der Waals surface area contributed by atoms with Crippen LogP contribution in [0.1, 0.15) is 36.0 Å². The molecular weight excluding hydrogens is 377 g/mol. The first-order chi connectivity index (χ1) is 14.6. The molecule has 4 heteroatoms. The van der Waals surface area contributed by atoms with Crippen molar-refractivity contribution in [2.45, 2.75) is 38.5 Å². The minimum atomic E-state index is -0.222. The molecule has 30 heavy (non-hydrogen) atoms. The highest BCUT2D eigenvalue weighted by atomic mass is 19.1. The van der Waals surface area contributed by atoms with Gasteiger partial charge in [0.2, 0.25) is 5.91 Å². The van der Waals surface area contributed by atoms with Crippen molar-refractivity contribution < 1.29 is 14.0 Å². The third kappa shape index (κ3) is 4.82. The van der Waals surface area contributed by atoms with Gasteiger partial charge in [-0.05, 0) is 53.6 Å². The minimum absolute atomic E-state index is 0.0493. The number of halogens is 1. The van der Waals surface area contributed by atoms with Crippen LogP contribution in [0.3, 0.4) is 0 Å². The van der Waals surface area contributed by atoms with Gasteiger partial charge < -0.3 is 5.32 Å². The first kappa shape index (κ1) is 20.0. The summed E-state index contributed by atoms with van der Waals surface area (Å²) in [4.78, 5) is 23.8. The molecule has 0 aromatic heterocycles. The van der Waals surface area contributed by atoms with Crippen molar-refractivity contribution in [1.82, 2.24) is 0 Å². The lowest BCUT2D eigenvalue weighted by atomic mass is 9.96. The van der Waals surface area contributed by atoms with Crippen LogP contribution < -0.4 is 5.32 Å². The van der Waals surface area contributed by atoms with E-state index in [0.29, 0.717) is 24.8 Å². The number of carbonyl (C=O) groups is 2. The molecule has 1 aliphatic heterocycles. The molecule has 1 amide bonds. The first-order valence-corrected chi connectivity index (χ1v) is 10.4. The topological polar surface area (TPSA) is 46.2 Å². The predicted molar refractivity (Wildman–Crippen MR) is 117 cm³/mol. The van der Waals surface area contributed by atoms with E-state index in [-0.39, 0.29) is 17.5 Å². The fourth-order valence-electron chi connectivity index (χ4n) is 3.90. The molecule has 0 unspecified atom stereocenters. The fourth-order valence-corrected chi connectivity index (χ4v) is 3.90. The lowest BCUT2D eigenvalue weighted by molar-refractivity contribution is -0.118. The van der Waals surface area contributed by atoms with E-state index in [1.54, 1.807) is 12.1 Å². The zero-order chi connectivity index (χ0) is 20.9. The maximum Gasteiger partial charge on any atom is 0.224 e. The highest BCUT2D eigenvalue weighted by molar-refractivity contribution is 5.94. The van der Waals surface area contributed by atoms with E-state index in [0.717, 1.165) is 47.2 Å². The Kier molecular flexibility index (Phi) is 6.03. The molecule has 0 saturated heterocycles. The maximum atomic E-state index is 13.9. The molecule has 0 bridgehead atoms. The van der Waals surface area contributed by atoms with Gasteiger partial charge in [0.15, 0.2) is 0 Å². The average molecular weight is 401 g/mol. The smallest absolute Gasteiger partial charge is 0.224 e. The molecule has 3 aromatic carbocycles. The number of hydrogen-bond donors (Lipinski definition) is 1. The lowest BCUT2D eigenvalue weighted by Gasteiger charge is -2.17. The predicted octanol–water partition coefficient (Wildman–Crippen LogP) is 5.51. The second-order valence-corrected chi connectivity index (χ2v) is 7.79. The molecule has 1 N–H and O–H groups in total. The zero-order valence-electron chi connectivity index (χ0n) is 16.8. The SMILES string of the molecule is O=C(CCCc1ccc(-c2ccccc2F)cc1)Cc1ccc2c(c1)CCC(=O)N2. The molecule has 0 atom stereocenters. The summed E-state index contributed by atoms with van der Waals surface area (Å²) in [6.45, 7) is 0. The number of nitrogens with one attached hydrogen (secondary N) is 1. The Morgan fingerprint density at radius 2 is 1.70 bits per heavy atom. The Morgan fingerprint density at radius 1 is 0.933 bits per heavy atom. The van der Waals surface area contributed by atoms with E-state index in [9.17, 15) is 14.0 Å². The summed E-state index contributed by atoms with van der Waals surface area (Å²) in [6.07, 6.45) is 3.79. The number of anilines is 1. The number of Topliss-reactive ketones (excluding diaryl/α,β-unsaturated/α-hetero) is 1. The van der Waals surface area contributed by atoms with E-state index in [1.165, 1.54) is 6.07 Å². The summed E-state index contributed by atoms with van der Waals surface area (Å²) < 4.78 is 13.9. The van der Waals surface area contributed by atoms with Crippen molar-refractivity contribution in [3.63, 3.8) is 0 Å². The Bertz CT molecular complexity index is 1070. The second-order valence-electron chi connectivity index (χ2n) is 7.79. The van der Waals surface area contributed by atoms with E-state index >= 15 is 0 Å². The van der Waals surface area contributed by atoms with Crippen LogP contribution in [0, 0.1) is 5.82 Å². The van der Waals surface area contributed by atoms with E-state index in [2.05, 4.69) is 5.32 Å². The fraction of sp³-hybridized carbons (Fsp3) is 0.231. The van der Waals surface area contributed by atoms with Crippen molar-refractivity contribution in [1.29, 1.82) is 0 Å². The third-order valence-electron chi connectivity index (χ3n) is 5.53. The maximum absolute atomic E-state index is 13.9. The van der Waals surface area contributed by atoms with Crippen molar-refractivity contribution in [3.8, 4) is 11.1 Å². The van der Waals surface area contributed by atoms with E-state index in [1.807, 2.05) is 48.5 Å². The number of aryl methyl sites for hydroxylation is 2. The second kappa shape index (κ2) is 9.04. The molecule has 0 aliphatic carbocycles. The van der Waals surface area contributed by atoms with Gasteiger partial charge in [-0.25, -0.2) is 4.39 Å². The number of benzene rings is 3. The molecule has 1 aliphatic rings. The number of carbonyl (C=O) groups excluding carboxylic acids is 2. The summed E-state index contributed by atoms with van der Waals surface area (Å²) in [7, 11) is 0. The first-order valence-electron chi connectivity index (χ1n) is 10.4. The van der Waals surface area contributed by atoms with Crippen LogP contribution in [0.15, 0.2) is 66.7 Å². The normalized spacial score (nSPS) is 12.9. The van der Waals surface area contributed by atoms with Gasteiger partial charge in [-0.1, -0.05) is 54.6 Å². The van der Waals surface area contributed by atoms with Gasteiger partial charge >= 0.3 is 0 Å². The monoisotopic (exact) mass is 401 g/mol. The van der Waals surface area contributed by atoms with Crippen LogP contribution in [-0.4, -0.2) is 11.7 Å². The van der Waals surface area contributed by atoms with Crippen molar-refractivity contribution in [2.75, 3.05) is 5.32 Å². The summed E-state index contributed by atoms with van der Waals surface area (Å²) in [6, 6.07) is 20.5. The molecule has 1 heterocycles. The average Bonchev–Trinajstić information content (AvgIpc) is 2.75. The molecular formula is C26H24FNO2. The molecule has 3 nitrogen and oxygen atoms in total. The van der Waals surface area contributed by atoms with Gasteiger partial charge in [0.1, 0.15) is 11.6 Å². The molecule has 0 spiro atoms. The summed E-state index contributed by atoms with van der Waals surface area (Å²) >= 11 is 0. The van der Waals surface area contributed by atoms with E-state index in [4.69, 9.17) is 0 Å².